The molecule has 2 fully saturated rings. The zero-order chi connectivity index (χ0) is 13.1. The number of nitrogens with zero attached hydrogens (tertiary/aromatic N) is 2. The van der Waals surface area contributed by atoms with Crippen LogP contribution in [0.3, 0.4) is 0 Å². The maximum Gasteiger partial charge on any atom is 0.230 e. The Bertz CT molecular complexity index is 401. The maximum atomic E-state index is 5.86. The van der Waals surface area contributed by atoms with Crippen LogP contribution in [0.1, 0.15) is 49.7 Å². The normalized spacial score (nSPS) is 31.7. The van der Waals surface area contributed by atoms with Crippen LogP contribution in [0.4, 0.5) is 0 Å². The Kier molecular flexibility index (Phi) is 4.13. The zero-order valence-electron chi connectivity index (χ0n) is 11.4. The lowest BCUT2D eigenvalue weighted by Crippen LogP contribution is -2.25. The summed E-state index contributed by atoms with van der Waals surface area (Å²) in [7, 11) is 0. The number of ether oxygens (including phenoxy) is 1. The molecule has 1 aromatic heterocycles. The fourth-order valence-electron chi connectivity index (χ4n) is 3.32. The molecular formula is C14H23N3O2. The highest BCUT2D eigenvalue weighted by Crippen LogP contribution is 2.36. The zero-order valence-corrected chi connectivity index (χ0v) is 11.4. The van der Waals surface area contributed by atoms with Gasteiger partial charge in [-0.3, -0.25) is 0 Å². The SMILES string of the molecule is NCC1CCCCC1c1nc(CC2CCOC2)no1. The van der Waals surface area contributed by atoms with Crippen molar-refractivity contribution < 1.29 is 9.26 Å². The third kappa shape index (κ3) is 2.98. The van der Waals surface area contributed by atoms with Crippen LogP contribution in [0.2, 0.25) is 0 Å². The third-order valence-electron chi connectivity index (χ3n) is 4.51. The quantitative estimate of drug-likeness (QED) is 0.899. The molecule has 0 bridgehead atoms. The molecule has 3 rings (SSSR count). The van der Waals surface area contributed by atoms with Crippen molar-refractivity contribution in [1.82, 2.24) is 10.1 Å². The number of aromatic nitrogens is 2. The first-order chi connectivity index (χ1) is 9.36. The average molecular weight is 265 g/mol. The number of nitrogens with two attached hydrogens (primary N) is 1. The fourth-order valence-corrected chi connectivity index (χ4v) is 3.32. The van der Waals surface area contributed by atoms with Crippen molar-refractivity contribution in [3.05, 3.63) is 11.7 Å². The molecule has 2 N–H and O–H groups in total. The van der Waals surface area contributed by atoms with Gasteiger partial charge in [0.2, 0.25) is 5.89 Å². The number of hydrogen-bond donors (Lipinski definition) is 1. The van der Waals surface area contributed by atoms with Gasteiger partial charge < -0.3 is 15.0 Å². The predicted molar refractivity (Wildman–Crippen MR) is 70.7 cm³/mol. The second-order valence-corrected chi connectivity index (χ2v) is 5.87. The Morgan fingerprint density at radius 1 is 1.21 bits per heavy atom. The van der Waals surface area contributed by atoms with Crippen LogP contribution in [-0.2, 0) is 11.2 Å². The highest BCUT2D eigenvalue weighted by atomic mass is 16.5. The first-order valence-electron chi connectivity index (χ1n) is 7.47. The Labute approximate surface area is 113 Å². The van der Waals surface area contributed by atoms with E-state index in [-0.39, 0.29) is 0 Å². The Morgan fingerprint density at radius 3 is 2.89 bits per heavy atom. The summed E-state index contributed by atoms with van der Waals surface area (Å²) in [4.78, 5) is 4.61. The number of hydrogen-bond acceptors (Lipinski definition) is 5. The summed E-state index contributed by atoms with van der Waals surface area (Å²) in [5.74, 6) is 3.09. The molecule has 0 aromatic carbocycles. The Morgan fingerprint density at radius 2 is 2.11 bits per heavy atom. The molecule has 0 amide bonds. The van der Waals surface area contributed by atoms with Crippen molar-refractivity contribution in [1.29, 1.82) is 0 Å². The first-order valence-corrected chi connectivity index (χ1v) is 7.47. The van der Waals surface area contributed by atoms with Gasteiger partial charge in [0.05, 0.1) is 0 Å². The van der Waals surface area contributed by atoms with E-state index in [1.807, 2.05) is 0 Å². The predicted octanol–water partition coefficient (Wildman–Crippen LogP) is 1.88. The molecule has 1 saturated heterocycles. The largest absolute Gasteiger partial charge is 0.381 e. The summed E-state index contributed by atoms with van der Waals surface area (Å²) in [5, 5.41) is 4.14. The standard InChI is InChI=1S/C14H23N3O2/c15-8-11-3-1-2-4-12(11)14-16-13(17-19-14)7-10-5-6-18-9-10/h10-12H,1-9,15H2. The summed E-state index contributed by atoms with van der Waals surface area (Å²) in [6, 6.07) is 0. The van der Waals surface area contributed by atoms with Crippen LogP contribution in [0.25, 0.3) is 0 Å². The van der Waals surface area contributed by atoms with E-state index in [0.717, 1.165) is 50.7 Å². The lowest BCUT2D eigenvalue weighted by Gasteiger charge is -2.27. The van der Waals surface area contributed by atoms with Gasteiger partial charge in [-0.25, -0.2) is 0 Å². The minimum atomic E-state index is 0.375. The minimum absolute atomic E-state index is 0.375. The highest BCUT2D eigenvalue weighted by molar-refractivity contribution is 4.99. The van der Waals surface area contributed by atoms with E-state index < -0.39 is 0 Å². The smallest absolute Gasteiger partial charge is 0.230 e. The van der Waals surface area contributed by atoms with Crippen LogP contribution in [-0.4, -0.2) is 29.9 Å². The molecule has 5 heteroatoms. The van der Waals surface area contributed by atoms with Gasteiger partial charge in [0.25, 0.3) is 0 Å². The summed E-state index contributed by atoms with van der Waals surface area (Å²) in [5.41, 5.74) is 5.86. The van der Waals surface area contributed by atoms with Crippen LogP contribution in [0, 0.1) is 11.8 Å². The van der Waals surface area contributed by atoms with Gasteiger partial charge in [0.1, 0.15) is 0 Å². The van der Waals surface area contributed by atoms with Crippen molar-refractivity contribution in [3.8, 4) is 0 Å². The van der Waals surface area contributed by atoms with E-state index in [1.165, 1.54) is 19.3 Å². The monoisotopic (exact) mass is 265 g/mol. The lowest BCUT2D eigenvalue weighted by molar-refractivity contribution is 0.185. The molecule has 5 nitrogen and oxygen atoms in total. The van der Waals surface area contributed by atoms with Crippen LogP contribution >= 0.6 is 0 Å². The molecule has 2 heterocycles. The molecule has 0 spiro atoms. The van der Waals surface area contributed by atoms with E-state index >= 15 is 0 Å². The van der Waals surface area contributed by atoms with Gasteiger partial charge in [0.15, 0.2) is 5.82 Å². The molecule has 3 unspecified atom stereocenters. The van der Waals surface area contributed by atoms with Crippen molar-refractivity contribution >= 4 is 0 Å². The van der Waals surface area contributed by atoms with E-state index in [2.05, 4.69) is 10.1 Å². The van der Waals surface area contributed by atoms with Crippen LogP contribution in [0.15, 0.2) is 4.52 Å². The molecule has 1 aliphatic carbocycles. The van der Waals surface area contributed by atoms with Crippen molar-refractivity contribution in [2.45, 2.75) is 44.4 Å². The molecule has 19 heavy (non-hydrogen) atoms. The minimum Gasteiger partial charge on any atom is -0.381 e. The summed E-state index contributed by atoms with van der Waals surface area (Å²) < 4.78 is 10.9. The molecule has 1 saturated carbocycles. The molecule has 2 aliphatic rings. The molecule has 106 valence electrons. The summed E-state index contributed by atoms with van der Waals surface area (Å²) >= 11 is 0. The Hall–Kier alpha value is -0.940. The first kappa shape index (κ1) is 13.1. The molecule has 1 aromatic rings. The second kappa shape index (κ2) is 6.01. The van der Waals surface area contributed by atoms with E-state index in [1.54, 1.807) is 0 Å². The van der Waals surface area contributed by atoms with E-state index in [4.69, 9.17) is 15.0 Å². The molecular weight excluding hydrogens is 242 g/mol. The van der Waals surface area contributed by atoms with E-state index in [0.29, 0.717) is 17.8 Å². The van der Waals surface area contributed by atoms with Crippen LogP contribution in [0.5, 0.6) is 0 Å². The topological polar surface area (TPSA) is 74.2 Å². The van der Waals surface area contributed by atoms with Gasteiger partial charge in [-0.15, -0.1) is 0 Å². The van der Waals surface area contributed by atoms with Crippen molar-refractivity contribution in [3.63, 3.8) is 0 Å². The molecule has 0 radical (unpaired) electrons. The fraction of sp³-hybridized carbons (Fsp3) is 0.857. The lowest BCUT2D eigenvalue weighted by atomic mass is 9.79. The highest BCUT2D eigenvalue weighted by Gasteiger charge is 2.30. The van der Waals surface area contributed by atoms with Crippen molar-refractivity contribution in [2.75, 3.05) is 19.8 Å². The van der Waals surface area contributed by atoms with Gasteiger partial charge in [-0.1, -0.05) is 18.0 Å². The summed E-state index contributed by atoms with van der Waals surface area (Å²) in [6.45, 7) is 2.42. The number of rotatable bonds is 4. The van der Waals surface area contributed by atoms with Crippen LogP contribution < -0.4 is 5.73 Å². The summed E-state index contributed by atoms with van der Waals surface area (Å²) in [6.07, 6.45) is 6.84. The maximum absolute atomic E-state index is 5.86. The van der Waals surface area contributed by atoms with Crippen molar-refractivity contribution in [2.24, 2.45) is 17.6 Å². The third-order valence-corrected chi connectivity index (χ3v) is 4.51. The average Bonchev–Trinajstić information content (AvgIpc) is 3.11. The second-order valence-electron chi connectivity index (χ2n) is 5.87. The van der Waals surface area contributed by atoms with Gasteiger partial charge in [0, 0.05) is 25.6 Å². The van der Waals surface area contributed by atoms with Gasteiger partial charge in [-0.2, -0.15) is 4.98 Å². The Balaban J connectivity index is 1.65. The van der Waals surface area contributed by atoms with Gasteiger partial charge in [-0.05, 0) is 37.6 Å². The van der Waals surface area contributed by atoms with Gasteiger partial charge >= 0.3 is 0 Å². The molecule has 1 aliphatic heterocycles. The molecule has 3 atom stereocenters. The van der Waals surface area contributed by atoms with E-state index in [9.17, 15) is 0 Å².